The highest BCUT2D eigenvalue weighted by atomic mass is 79.9. The highest BCUT2D eigenvalue weighted by Gasteiger charge is 2.07. The topological polar surface area (TPSA) is 64.9 Å². The van der Waals surface area contributed by atoms with E-state index >= 15 is 0 Å². The van der Waals surface area contributed by atoms with Crippen LogP contribution in [0.4, 0.5) is 5.69 Å². The number of anilines is 1. The Balaban J connectivity index is 2.13. The van der Waals surface area contributed by atoms with E-state index in [0.29, 0.717) is 10.0 Å². The molecule has 2 rings (SSSR count). The number of nitrogens with one attached hydrogen (secondary N) is 1. The van der Waals surface area contributed by atoms with Gasteiger partial charge in [-0.25, -0.2) is 0 Å². The summed E-state index contributed by atoms with van der Waals surface area (Å²) in [4.78, 5) is 0. The Morgan fingerprint density at radius 1 is 1.00 bits per heavy atom. The number of rotatable bonds is 3. The molecule has 0 fully saturated rings. The summed E-state index contributed by atoms with van der Waals surface area (Å²) in [5.74, 6) is -0.401. The lowest BCUT2D eigenvalue weighted by Crippen LogP contribution is -1.90. The van der Waals surface area contributed by atoms with Gasteiger partial charge < -0.3 is 10.2 Å². The average Bonchev–Trinajstić information content (AvgIpc) is 2.40. The molecule has 0 aromatic heterocycles. The maximum absolute atomic E-state index is 9.68. The quantitative estimate of drug-likeness (QED) is 0.463. The molecule has 18 heavy (non-hydrogen) atoms. The molecule has 0 saturated heterocycles. The summed E-state index contributed by atoms with van der Waals surface area (Å²) >= 11 is 3.11. The van der Waals surface area contributed by atoms with Crippen molar-refractivity contribution in [1.29, 1.82) is 0 Å². The van der Waals surface area contributed by atoms with Crippen LogP contribution in [0, 0.1) is 0 Å². The smallest absolute Gasteiger partial charge is 0.172 e. The van der Waals surface area contributed by atoms with Crippen LogP contribution in [0.15, 0.2) is 52.0 Å². The van der Waals surface area contributed by atoms with Crippen LogP contribution in [-0.4, -0.2) is 16.4 Å². The summed E-state index contributed by atoms with van der Waals surface area (Å²) in [6.07, 6.45) is 1.44. The van der Waals surface area contributed by atoms with E-state index in [1.807, 2.05) is 30.3 Å². The molecule has 0 unspecified atom stereocenters. The van der Waals surface area contributed by atoms with Crippen LogP contribution in [0.2, 0.25) is 0 Å². The van der Waals surface area contributed by atoms with Crippen LogP contribution < -0.4 is 5.43 Å². The summed E-state index contributed by atoms with van der Waals surface area (Å²) in [7, 11) is 0. The van der Waals surface area contributed by atoms with Crippen LogP contribution >= 0.6 is 15.9 Å². The van der Waals surface area contributed by atoms with E-state index in [9.17, 15) is 10.2 Å². The van der Waals surface area contributed by atoms with Crippen LogP contribution in [0.3, 0.4) is 0 Å². The molecule has 92 valence electrons. The molecule has 0 radical (unpaired) electrons. The van der Waals surface area contributed by atoms with Crippen molar-refractivity contribution in [2.75, 3.05) is 5.43 Å². The van der Waals surface area contributed by atoms with Crippen molar-refractivity contribution in [3.05, 3.63) is 52.5 Å². The Hall–Kier alpha value is -2.01. The first kappa shape index (κ1) is 12.4. The first-order valence-corrected chi connectivity index (χ1v) is 6.02. The Kier molecular flexibility index (Phi) is 3.84. The molecule has 3 N–H and O–H groups in total. The van der Waals surface area contributed by atoms with Crippen molar-refractivity contribution in [2.24, 2.45) is 5.10 Å². The molecule has 0 aliphatic heterocycles. The molecule has 0 amide bonds. The minimum Gasteiger partial charge on any atom is -0.504 e. The zero-order chi connectivity index (χ0) is 13.0. The lowest BCUT2D eigenvalue weighted by molar-refractivity contribution is 0.401. The Bertz CT molecular complexity index is 571. The second-order valence-electron chi connectivity index (χ2n) is 3.57. The van der Waals surface area contributed by atoms with Crippen LogP contribution in [0.25, 0.3) is 0 Å². The molecule has 0 aliphatic carbocycles. The number of hydrogen-bond donors (Lipinski definition) is 3. The molecular formula is C13H11BrN2O2. The number of aromatic hydroxyl groups is 2. The zero-order valence-corrected chi connectivity index (χ0v) is 10.9. The fourth-order valence-electron chi connectivity index (χ4n) is 1.36. The number of para-hydroxylation sites is 1. The predicted octanol–water partition coefficient (Wildman–Crippen LogP) is 3.31. The summed E-state index contributed by atoms with van der Waals surface area (Å²) < 4.78 is 0.438. The number of hydrazone groups is 1. The van der Waals surface area contributed by atoms with Gasteiger partial charge in [0, 0.05) is 5.56 Å². The van der Waals surface area contributed by atoms with Crippen molar-refractivity contribution in [3.8, 4) is 11.5 Å². The standard InChI is InChI=1S/C13H11BrN2O2/c14-11-7-6-9(12(17)13(11)18)8-15-16-10-4-2-1-3-5-10/h1-8,16-18H. The third kappa shape index (κ3) is 2.81. The van der Waals surface area contributed by atoms with Gasteiger partial charge in [-0.1, -0.05) is 18.2 Å². The summed E-state index contributed by atoms with van der Waals surface area (Å²) in [6.45, 7) is 0. The monoisotopic (exact) mass is 306 g/mol. The van der Waals surface area contributed by atoms with Crippen LogP contribution in [0.1, 0.15) is 5.56 Å². The van der Waals surface area contributed by atoms with Crippen molar-refractivity contribution in [3.63, 3.8) is 0 Å². The van der Waals surface area contributed by atoms with E-state index in [4.69, 9.17) is 0 Å². The molecule has 0 saturated carbocycles. The summed E-state index contributed by atoms with van der Waals surface area (Å²) in [5, 5.41) is 23.2. The Labute approximate surface area is 113 Å². The van der Waals surface area contributed by atoms with Gasteiger partial charge in [-0.15, -0.1) is 0 Å². The molecular weight excluding hydrogens is 296 g/mol. The Morgan fingerprint density at radius 3 is 2.44 bits per heavy atom. The number of hydrogen-bond acceptors (Lipinski definition) is 4. The minimum absolute atomic E-state index is 0.196. The molecule has 2 aromatic carbocycles. The van der Waals surface area contributed by atoms with Crippen molar-refractivity contribution in [2.45, 2.75) is 0 Å². The van der Waals surface area contributed by atoms with Crippen molar-refractivity contribution >= 4 is 27.8 Å². The van der Waals surface area contributed by atoms with E-state index in [1.54, 1.807) is 12.1 Å². The molecule has 2 aromatic rings. The zero-order valence-electron chi connectivity index (χ0n) is 9.34. The van der Waals surface area contributed by atoms with Gasteiger partial charge in [-0.3, -0.25) is 5.43 Å². The molecule has 5 heteroatoms. The third-order valence-electron chi connectivity index (χ3n) is 2.30. The molecule has 4 nitrogen and oxygen atoms in total. The van der Waals surface area contributed by atoms with Crippen molar-refractivity contribution in [1.82, 2.24) is 0 Å². The first-order valence-electron chi connectivity index (χ1n) is 5.23. The number of nitrogens with zero attached hydrogens (tertiary/aromatic N) is 1. The molecule has 0 bridgehead atoms. The number of phenolic OH excluding ortho intramolecular Hbond substituents is 2. The van der Waals surface area contributed by atoms with E-state index in [1.165, 1.54) is 6.21 Å². The fourth-order valence-corrected chi connectivity index (χ4v) is 1.68. The fraction of sp³-hybridized carbons (Fsp3) is 0. The molecule has 0 atom stereocenters. The second-order valence-corrected chi connectivity index (χ2v) is 4.42. The second kappa shape index (κ2) is 5.55. The van der Waals surface area contributed by atoms with E-state index in [0.717, 1.165) is 5.69 Å². The molecule has 0 heterocycles. The molecule has 0 spiro atoms. The van der Waals surface area contributed by atoms with Gasteiger partial charge >= 0.3 is 0 Å². The number of benzene rings is 2. The lowest BCUT2D eigenvalue weighted by Gasteiger charge is -2.03. The van der Waals surface area contributed by atoms with Crippen molar-refractivity contribution < 1.29 is 10.2 Å². The van der Waals surface area contributed by atoms with Gasteiger partial charge in [-0.05, 0) is 40.2 Å². The minimum atomic E-state index is -0.206. The van der Waals surface area contributed by atoms with E-state index in [2.05, 4.69) is 26.5 Å². The van der Waals surface area contributed by atoms with Gasteiger partial charge in [0.05, 0.1) is 16.4 Å². The highest BCUT2D eigenvalue weighted by molar-refractivity contribution is 9.10. The molecule has 0 aliphatic rings. The SMILES string of the molecule is Oc1c(Br)ccc(C=NNc2ccccc2)c1O. The van der Waals surface area contributed by atoms with Crippen LogP contribution in [0.5, 0.6) is 11.5 Å². The van der Waals surface area contributed by atoms with Gasteiger partial charge in [0.1, 0.15) is 0 Å². The Morgan fingerprint density at radius 2 is 1.72 bits per heavy atom. The van der Waals surface area contributed by atoms with Gasteiger partial charge in [0.2, 0.25) is 0 Å². The van der Waals surface area contributed by atoms with E-state index in [-0.39, 0.29) is 11.5 Å². The van der Waals surface area contributed by atoms with Crippen LogP contribution in [-0.2, 0) is 0 Å². The largest absolute Gasteiger partial charge is 0.504 e. The summed E-state index contributed by atoms with van der Waals surface area (Å²) in [5.41, 5.74) is 4.09. The maximum Gasteiger partial charge on any atom is 0.172 e. The van der Waals surface area contributed by atoms with Gasteiger partial charge in [-0.2, -0.15) is 5.10 Å². The maximum atomic E-state index is 9.68. The number of phenols is 2. The average molecular weight is 307 g/mol. The highest BCUT2D eigenvalue weighted by Crippen LogP contribution is 2.35. The normalized spacial score (nSPS) is 10.7. The third-order valence-corrected chi connectivity index (χ3v) is 2.94. The number of halogens is 1. The summed E-state index contributed by atoms with van der Waals surface area (Å²) in [6, 6.07) is 12.7. The van der Waals surface area contributed by atoms with Gasteiger partial charge in [0.15, 0.2) is 11.5 Å². The predicted molar refractivity (Wildman–Crippen MR) is 75.1 cm³/mol. The van der Waals surface area contributed by atoms with E-state index < -0.39 is 0 Å². The lowest BCUT2D eigenvalue weighted by atomic mass is 10.2. The van der Waals surface area contributed by atoms with Gasteiger partial charge in [0.25, 0.3) is 0 Å². The first-order chi connectivity index (χ1) is 8.68.